The first-order valence-corrected chi connectivity index (χ1v) is 37.1. The van der Waals surface area contributed by atoms with Gasteiger partial charge in [0.25, 0.3) is 0 Å². The van der Waals surface area contributed by atoms with Gasteiger partial charge in [-0.1, -0.05) is 351 Å². The molecule has 0 aromatic rings. The van der Waals surface area contributed by atoms with E-state index in [4.69, 9.17) is 4.74 Å². The number of rotatable bonds is 69. The predicted molar refractivity (Wildman–Crippen MR) is 365 cm³/mol. The van der Waals surface area contributed by atoms with Crippen LogP contribution in [0.3, 0.4) is 0 Å². The molecule has 486 valence electrons. The average Bonchev–Trinajstić information content (AvgIpc) is 3.49. The first-order chi connectivity index (χ1) is 41.0. The van der Waals surface area contributed by atoms with E-state index < -0.39 is 12.1 Å². The average molecular weight is 1160 g/mol. The Morgan fingerprint density at radius 1 is 0.337 bits per heavy atom. The molecule has 0 fully saturated rings. The Labute approximate surface area is 518 Å². The summed E-state index contributed by atoms with van der Waals surface area (Å²) in [6.07, 6.45) is 96.0. The smallest absolute Gasteiger partial charge is 0.305 e. The second-order valence-corrected chi connectivity index (χ2v) is 25.3. The van der Waals surface area contributed by atoms with Gasteiger partial charge < -0.3 is 20.3 Å². The lowest BCUT2D eigenvalue weighted by atomic mass is 10.0. The minimum atomic E-state index is -0.848. The maximum atomic E-state index is 12.5. The predicted octanol–water partition coefficient (Wildman–Crippen LogP) is 24.2. The van der Waals surface area contributed by atoms with E-state index in [1.165, 1.54) is 308 Å². The zero-order valence-corrected chi connectivity index (χ0v) is 55.7. The van der Waals surface area contributed by atoms with Crippen LogP contribution in [0.4, 0.5) is 0 Å². The Hall–Kier alpha value is -2.44. The van der Waals surface area contributed by atoms with Crippen molar-refractivity contribution in [3.63, 3.8) is 0 Å². The summed E-state index contributed by atoms with van der Waals surface area (Å²) < 4.78 is 5.48. The number of allylic oxidation sites excluding steroid dienone is 9. The molecule has 83 heavy (non-hydrogen) atoms. The Balaban J connectivity index is 3.44. The molecule has 0 aromatic heterocycles. The lowest BCUT2D eigenvalue weighted by Crippen LogP contribution is -2.45. The van der Waals surface area contributed by atoms with Crippen LogP contribution in [0, 0.1) is 0 Å². The molecule has 0 aromatic carbocycles. The molecule has 0 aliphatic rings. The van der Waals surface area contributed by atoms with Crippen molar-refractivity contribution in [2.24, 2.45) is 0 Å². The molecule has 1 amide bonds. The van der Waals surface area contributed by atoms with Gasteiger partial charge in [0.2, 0.25) is 5.91 Å². The lowest BCUT2D eigenvalue weighted by Gasteiger charge is -2.20. The van der Waals surface area contributed by atoms with Crippen molar-refractivity contribution in [1.29, 1.82) is 0 Å². The van der Waals surface area contributed by atoms with E-state index in [2.05, 4.69) is 67.8 Å². The molecule has 0 aliphatic carbocycles. The summed E-state index contributed by atoms with van der Waals surface area (Å²) in [4.78, 5) is 24.6. The van der Waals surface area contributed by atoms with Gasteiger partial charge in [-0.25, -0.2) is 0 Å². The number of hydrogen-bond donors (Lipinski definition) is 3. The van der Waals surface area contributed by atoms with Crippen molar-refractivity contribution in [3.05, 3.63) is 60.8 Å². The highest BCUT2D eigenvalue weighted by Crippen LogP contribution is 2.18. The number of aliphatic hydroxyl groups excluding tert-OH is 2. The van der Waals surface area contributed by atoms with Crippen molar-refractivity contribution in [2.45, 2.75) is 405 Å². The van der Waals surface area contributed by atoms with Crippen molar-refractivity contribution in [1.82, 2.24) is 5.32 Å². The van der Waals surface area contributed by atoms with E-state index in [1.54, 1.807) is 6.08 Å². The molecule has 0 radical (unpaired) electrons. The molecule has 2 atom stereocenters. The first kappa shape index (κ1) is 80.6. The molecule has 0 saturated heterocycles. The number of carbonyl (C=O) groups is 2. The number of ether oxygens (including phenoxy) is 1. The Bertz CT molecular complexity index is 1430. The van der Waals surface area contributed by atoms with Crippen LogP contribution in [0.2, 0.25) is 0 Å². The zero-order chi connectivity index (χ0) is 59.9. The molecule has 2 unspecified atom stereocenters. The van der Waals surface area contributed by atoms with Crippen LogP contribution >= 0.6 is 0 Å². The van der Waals surface area contributed by atoms with E-state index in [1.807, 2.05) is 6.08 Å². The van der Waals surface area contributed by atoms with E-state index in [0.717, 1.165) is 57.8 Å². The quantitative estimate of drug-likeness (QED) is 0.0320. The minimum absolute atomic E-state index is 0.00301. The van der Waals surface area contributed by atoms with E-state index in [0.29, 0.717) is 19.4 Å². The van der Waals surface area contributed by atoms with Crippen molar-refractivity contribution >= 4 is 11.9 Å². The molecule has 0 saturated carbocycles. The van der Waals surface area contributed by atoms with Gasteiger partial charge in [0.15, 0.2) is 0 Å². The second kappa shape index (κ2) is 72.0. The highest BCUT2D eigenvalue weighted by Gasteiger charge is 2.18. The molecule has 0 heterocycles. The van der Waals surface area contributed by atoms with Crippen LogP contribution in [0.15, 0.2) is 60.8 Å². The van der Waals surface area contributed by atoms with E-state index >= 15 is 0 Å². The summed E-state index contributed by atoms with van der Waals surface area (Å²) in [5, 5.41) is 23.3. The van der Waals surface area contributed by atoms with Gasteiger partial charge in [-0.15, -0.1) is 0 Å². The van der Waals surface area contributed by atoms with Crippen LogP contribution in [-0.2, 0) is 14.3 Å². The third-order valence-electron chi connectivity index (χ3n) is 17.0. The fraction of sp³-hybridized carbons (Fsp3) is 0.844. The Morgan fingerprint density at radius 3 is 0.952 bits per heavy atom. The second-order valence-electron chi connectivity index (χ2n) is 25.3. The maximum Gasteiger partial charge on any atom is 0.305 e. The van der Waals surface area contributed by atoms with Crippen molar-refractivity contribution in [2.75, 3.05) is 13.2 Å². The molecule has 0 spiro atoms. The third kappa shape index (κ3) is 68.5. The Kier molecular flexibility index (Phi) is 69.9. The van der Waals surface area contributed by atoms with E-state index in [-0.39, 0.29) is 18.5 Å². The van der Waals surface area contributed by atoms with Gasteiger partial charge in [0, 0.05) is 12.8 Å². The molecule has 3 N–H and O–H groups in total. The highest BCUT2D eigenvalue weighted by atomic mass is 16.5. The number of amides is 1. The topological polar surface area (TPSA) is 95.9 Å². The van der Waals surface area contributed by atoms with Gasteiger partial charge in [-0.2, -0.15) is 0 Å². The summed E-state index contributed by atoms with van der Waals surface area (Å²) >= 11 is 0. The number of esters is 1. The lowest BCUT2D eigenvalue weighted by molar-refractivity contribution is -0.143. The fourth-order valence-electron chi connectivity index (χ4n) is 11.3. The van der Waals surface area contributed by atoms with Crippen LogP contribution in [0.1, 0.15) is 393 Å². The zero-order valence-electron chi connectivity index (χ0n) is 55.7. The molecular weight excluding hydrogens is 1020 g/mol. The van der Waals surface area contributed by atoms with Gasteiger partial charge in [0.05, 0.1) is 25.4 Å². The highest BCUT2D eigenvalue weighted by molar-refractivity contribution is 5.76. The molecule has 6 nitrogen and oxygen atoms in total. The summed E-state index contributed by atoms with van der Waals surface area (Å²) in [5.74, 6) is -0.0687. The first-order valence-electron chi connectivity index (χ1n) is 37.1. The summed E-state index contributed by atoms with van der Waals surface area (Å²) in [6, 6.07) is -0.631. The molecule has 0 bridgehead atoms. The summed E-state index contributed by atoms with van der Waals surface area (Å²) in [7, 11) is 0. The number of nitrogens with one attached hydrogen (secondary N) is 1. The third-order valence-corrected chi connectivity index (χ3v) is 17.0. The van der Waals surface area contributed by atoms with Crippen molar-refractivity contribution < 1.29 is 24.5 Å². The molecule has 0 aliphatic heterocycles. The van der Waals surface area contributed by atoms with Crippen LogP contribution in [0.5, 0.6) is 0 Å². The van der Waals surface area contributed by atoms with Crippen molar-refractivity contribution in [3.8, 4) is 0 Å². The number of unbranched alkanes of at least 4 members (excludes halogenated alkanes) is 50. The van der Waals surface area contributed by atoms with Crippen LogP contribution in [0.25, 0.3) is 0 Å². The standard InChI is InChI=1S/C77H143NO5/c1-3-5-7-9-11-13-15-17-19-20-21-22-30-33-36-39-42-45-49-53-57-61-65-69-75(80)74(73-79)78-76(81)70-66-62-58-54-50-46-43-40-37-34-31-28-26-24-23-25-27-29-32-35-38-41-44-48-52-56-60-64-68-72-83-77(82)71-67-63-59-55-51-47-18-16-14-12-10-8-6-4-2/h10,12,16,18,23,25,29,32,65,69,74-75,79-80H,3-9,11,13-15,17,19-22,24,26-28,30-31,33-64,66-68,70-73H2,1-2H3,(H,78,81)/b12-10-,18-16-,25-23-,32-29-,69-65+. The van der Waals surface area contributed by atoms with Crippen LogP contribution in [-0.4, -0.2) is 47.4 Å². The monoisotopic (exact) mass is 1160 g/mol. The minimum Gasteiger partial charge on any atom is -0.466 e. The van der Waals surface area contributed by atoms with Gasteiger partial charge in [0.1, 0.15) is 0 Å². The van der Waals surface area contributed by atoms with Gasteiger partial charge in [-0.05, 0) is 89.9 Å². The number of carbonyl (C=O) groups excluding carboxylic acids is 2. The fourth-order valence-corrected chi connectivity index (χ4v) is 11.3. The van der Waals surface area contributed by atoms with Gasteiger partial charge in [-0.3, -0.25) is 9.59 Å². The molecular formula is C77H143NO5. The maximum absolute atomic E-state index is 12.5. The normalized spacial score (nSPS) is 12.9. The number of aliphatic hydroxyl groups is 2. The number of hydrogen-bond acceptors (Lipinski definition) is 5. The molecule has 6 heteroatoms. The van der Waals surface area contributed by atoms with Crippen LogP contribution < -0.4 is 5.32 Å². The summed E-state index contributed by atoms with van der Waals surface area (Å²) in [6.45, 7) is 4.88. The largest absolute Gasteiger partial charge is 0.466 e. The SMILES string of the molecule is CCCC/C=C\C/C=C\CCCCCCCC(=O)OCCCCCCCCCCC/C=C\C/C=C\CCCCCCCCCCCCCCCC(=O)NC(CO)C(O)/C=C/CCCCCCCCCCCCCCCCCCCCCCC. The van der Waals surface area contributed by atoms with Gasteiger partial charge >= 0.3 is 5.97 Å². The van der Waals surface area contributed by atoms with E-state index in [9.17, 15) is 19.8 Å². The summed E-state index contributed by atoms with van der Waals surface area (Å²) in [5.41, 5.74) is 0. The molecule has 0 rings (SSSR count). The Morgan fingerprint density at radius 2 is 0.614 bits per heavy atom.